The highest BCUT2D eigenvalue weighted by atomic mass is 19.1. The lowest BCUT2D eigenvalue weighted by atomic mass is 10.3. The van der Waals surface area contributed by atoms with Crippen molar-refractivity contribution >= 4 is 11.4 Å². The third-order valence-electron chi connectivity index (χ3n) is 2.40. The highest BCUT2D eigenvalue weighted by Crippen LogP contribution is 2.20. The summed E-state index contributed by atoms with van der Waals surface area (Å²) in [5, 5.41) is 0. The van der Waals surface area contributed by atoms with Crippen LogP contribution in [-0.2, 0) is 0 Å². The first-order chi connectivity index (χ1) is 9.06. The molecular formula is C13H12F2N2O2. The smallest absolute Gasteiger partial charge is 0.230 e. The highest BCUT2D eigenvalue weighted by Gasteiger charge is 2.03. The number of nitrogen functional groups attached to an aromatic ring is 2. The molecular weight excluding hydrogens is 254 g/mol. The van der Waals surface area contributed by atoms with Gasteiger partial charge in [0.2, 0.25) is 6.79 Å². The van der Waals surface area contributed by atoms with Gasteiger partial charge in [-0.1, -0.05) is 0 Å². The molecule has 0 aliphatic heterocycles. The average molecular weight is 266 g/mol. The molecule has 4 N–H and O–H groups in total. The van der Waals surface area contributed by atoms with Crippen molar-refractivity contribution < 1.29 is 18.3 Å². The molecule has 0 spiro atoms. The SMILES string of the molecule is Nc1ccc(OCOc2ccc(N)c(F)c2)cc1F. The maximum atomic E-state index is 13.1. The van der Waals surface area contributed by atoms with Crippen LogP contribution in [0.1, 0.15) is 0 Å². The van der Waals surface area contributed by atoms with E-state index in [2.05, 4.69) is 0 Å². The van der Waals surface area contributed by atoms with E-state index < -0.39 is 11.6 Å². The minimum Gasteiger partial charge on any atom is -0.457 e. The summed E-state index contributed by atoms with van der Waals surface area (Å²) in [5.41, 5.74) is 10.7. The number of rotatable bonds is 4. The van der Waals surface area contributed by atoms with E-state index in [1.807, 2.05) is 0 Å². The molecule has 0 fully saturated rings. The largest absolute Gasteiger partial charge is 0.457 e. The monoisotopic (exact) mass is 266 g/mol. The maximum Gasteiger partial charge on any atom is 0.230 e. The molecule has 0 saturated heterocycles. The van der Waals surface area contributed by atoms with Crippen LogP contribution in [0, 0.1) is 11.6 Å². The lowest BCUT2D eigenvalue weighted by Crippen LogP contribution is -2.06. The number of hydrogen-bond donors (Lipinski definition) is 2. The molecule has 0 amide bonds. The van der Waals surface area contributed by atoms with E-state index in [9.17, 15) is 8.78 Å². The summed E-state index contributed by atoms with van der Waals surface area (Å²) < 4.78 is 36.5. The first-order valence-corrected chi connectivity index (χ1v) is 5.42. The van der Waals surface area contributed by atoms with E-state index >= 15 is 0 Å². The number of anilines is 2. The molecule has 0 unspecified atom stereocenters. The molecule has 19 heavy (non-hydrogen) atoms. The van der Waals surface area contributed by atoms with Gasteiger partial charge in [-0.25, -0.2) is 8.78 Å². The molecule has 2 aromatic carbocycles. The number of halogens is 2. The van der Waals surface area contributed by atoms with Crippen molar-refractivity contribution in [3.8, 4) is 11.5 Å². The van der Waals surface area contributed by atoms with Crippen LogP contribution >= 0.6 is 0 Å². The Balaban J connectivity index is 1.92. The standard InChI is InChI=1S/C13H12F2N2O2/c14-10-5-8(1-3-12(10)16)18-7-19-9-2-4-13(17)11(15)6-9/h1-6H,7,16-17H2. The molecule has 4 nitrogen and oxygen atoms in total. The normalized spacial score (nSPS) is 10.2. The van der Waals surface area contributed by atoms with Crippen LogP contribution < -0.4 is 20.9 Å². The summed E-state index contributed by atoms with van der Waals surface area (Å²) in [7, 11) is 0. The third kappa shape index (κ3) is 3.25. The molecule has 2 aromatic rings. The number of ether oxygens (including phenoxy) is 2. The van der Waals surface area contributed by atoms with Crippen LogP contribution in [0.25, 0.3) is 0 Å². The maximum absolute atomic E-state index is 13.1. The van der Waals surface area contributed by atoms with Crippen LogP contribution in [0.15, 0.2) is 36.4 Å². The zero-order valence-corrected chi connectivity index (χ0v) is 9.90. The summed E-state index contributed by atoms with van der Waals surface area (Å²) in [6.07, 6.45) is 0. The van der Waals surface area contributed by atoms with Gasteiger partial charge in [0.25, 0.3) is 0 Å². The Bertz CT molecular complexity index is 539. The lowest BCUT2D eigenvalue weighted by molar-refractivity contribution is 0.119. The van der Waals surface area contributed by atoms with Gasteiger partial charge in [0.15, 0.2) is 0 Å². The van der Waals surface area contributed by atoms with E-state index in [4.69, 9.17) is 20.9 Å². The molecule has 2 rings (SSSR count). The van der Waals surface area contributed by atoms with Crippen LogP contribution in [0.5, 0.6) is 11.5 Å². The minimum atomic E-state index is -0.573. The van der Waals surface area contributed by atoms with Crippen molar-refractivity contribution in [2.75, 3.05) is 18.3 Å². The number of benzene rings is 2. The number of nitrogens with two attached hydrogens (primary N) is 2. The predicted octanol–water partition coefficient (Wildman–Crippen LogP) is 2.54. The van der Waals surface area contributed by atoms with Gasteiger partial charge in [0.1, 0.15) is 23.1 Å². The van der Waals surface area contributed by atoms with Gasteiger partial charge in [-0.2, -0.15) is 0 Å². The Morgan fingerprint density at radius 3 is 1.58 bits per heavy atom. The summed E-state index contributed by atoms with van der Waals surface area (Å²) in [5.74, 6) is -0.614. The zero-order valence-electron chi connectivity index (χ0n) is 9.90. The quantitative estimate of drug-likeness (QED) is 0.659. The van der Waals surface area contributed by atoms with Crippen molar-refractivity contribution in [1.29, 1.82) is 0 Å². The van der Waals surface area contributed by atoms with Crippen LogP contribution in [-0.4, -0.2) is 6.79 Å². The Morgan fingerprint density at radius 1 is 0.789 bits per heavy atom. The fourth-order valence-corrected chi connectivity index (χ4v) is 1.36. The fraction of sp³-hybridized carbons (Fsp3) is 0.0769. The van der Waals surface area contributed by atoms with Crippen LogP contribution in [0.4, 0.5) is 20.2 Å². The van der Waals surface area contributed by atoms with E-state index in [1.54, 1.807) is 0 Å². The predicted molar refractivity (Wildman–Crippen MR) is 67.7 cm³/mol. The summed E-state index contributed by atoms with van der Waals surface area (Å²) >= 11 is 0. The van der Waals surface area contributed by atoms with Crippen molar-refractivity contribution in [1.82, 2.24) is 0 Å². The zero-order chi connectivity index (χ0) is 13.8. The fourth-order valence-electron chi connectivity index (χ4n) is 1.36. The lowest BCUT2D eigenvalue weighted by Gasteiger charge is -2.09. The van der Waals surface area contributed by atoms with E-state index in [-0.39, 0.29) is 29.7 Å². The molecule has 0 atom stereocenters. The van der Waals surface area contributed by atoms with E-state index in [1.165, 1.54) is 24.3 Å². The molecule has 0 aromatic heterocycles. The van der Waals surface area contributed by atoms with Gasteiger partial charge in [-0.3, -0.25) is 0 Å². The molecule has 6 heteroatoms. The van der Waals surface area contributed by atoms with Crippen molar-refractivity contribution in [3.63, 3.8) is 0 Å². The molecule has 0 radical (unpaired) electrons. The summed E-state index contributed by atoms with van der Waals surface area (Å²) in [6.45, 7) is -0.188. The van der Waals surface area contributed by atoms with Crippen molar-refractivity contribution in [3.05, 3.63) is 48.0 Å². The second-order valence-electron chi connectivity index (χ2n) is 3.77. The van der Waals surface area contributed by atoms with Crippen molar-refractivity contribution in [2.24, 2.45) is 0 Å². The van der Waals surface area contributed by atoms with Crippen molar-refractivity contribution in [2.45, 2.75) is 0 Å². The second kappa shape index (κ2) is 5.43. The van der Waals surface area contributed by atoms with Gasteiger partial charge in [0.05, 0.1) is 11.4 Å². The topological polar surface area (TPSA) is 70.5 Å². The Hall–Kier alpha value is -2.50. The van der Waals surface area contributed by atoms with Crippen LogP contribution in [0.2, 0.25) is 0 Å². The Morgan fingerprint density at radius 2 is 1.21 bits per heavy atom. The molecule has 0 bridgehead atoms. The second-order valence-corrected chi connectivity index (χ2v) is 3.77. The first kappa shape index (κ1) is 12.9. The van der Waals surface area contributed by atoms with Gasteiger partial charge < -0.3 is 20.9 Å². The molecule has 0 aliphatic rings. The van der Waals surface area contributed by atoms with E-state index in [0.29, 0.717) is 0 Å². The third-order valence-corrected chi connectivity index (χ3v) is 2.40. The van der Waals surface area contributed by atoms with E-state index in [0.717, 1.165) is 12.1 Å². The van der Waals surface area contributed by atoms with Gasteiger partial charge in [-0.05, 0) is 24.3 Å². The Kier molecular flexibility index (Phi) is 3.70. The first-order valence-electron chi connectivity index (χ1n) is 5.42. The highest BCUT2D eigenvalue weighted by molar-refractivity contribution is 5.44. The summed E-state index contributed by atoms with van der Waals surface area (Å²) in [4.78, 5) is 0. The molecule has 0 aliphatic carbocycles. The summed E-state index contributed by atoms with van der Waals surface area (Å²) in [6, 6.07) is 8.06. The minimum absolute atomic E-state index is 0.0360. The van der Waals surface area contributed by atoms with Crippen LogP contribution in [0.3, 0.4) is 0 Å². The average Bonchev–Trinajstić information content (AvgIpc) is 2.38. The molecule has 100 valence electrons. The molecule has 0 heterocycles. The van der Waals surface area contributed by atoms with Gasteiger partial charge in [-0.15, -0.1) is 0 Å². The Labute approximate surface area is 108 Å². The molecule has 0 saturated carbocycles. The van der Waals surface area contributed by atoms with Gasteiger partial charge >= 0.3 is 0 Å². The number of hydrogen-bond acceptors (Lipinski definition) is 4. The van der Waals surface area contributed by atoms with Gasteiger partial charge in [0, 0.05) is 12.1 Å².